The molecule has 1 rings (SSSR count). The predicted molar refractivity (Wildman–Crippen MR) is 68.2 cm³/mol. The third kappa shape index (κ3) is 3.23. The van der Waals surface area contributed by atoms with Crippen LogP contribution in [0.1, 0.15) is 41.0 Å². The average Bonchev–Trinajstić information content (AvgIpc) is 2.20. The molecular formula is C14H25NO. The second-order valence-electron chi connectivity index (χ2n) is 5.63. The van der Waals surface area contributed by atoms with Crippen LogP contribution >= 0.6 is 0 Å². The summed E-state index contributed by atoms with van der Waals surface area (Å²) < 4.78 is 5.92. The molecule has 2 nitrogen and oxygen atoms in total. The van der Waals surface area contributed by atoms with Gasteiger partial charge in [-0.3, -0.25) is 0 Å². The van der Waals surface area contributed by atoms with Crippen molar-refractivity contribution in [3.05, 3.63) is 0 Å². The SMILES string of the molecule is CC#CCNC1CC(OCC(C)C)C1(C)C. The van der Waals surface area contributed by atoms with Gasteiger partial charge in [-0.15, -0.1) is 5.92 Å². The minimum Gasteiger partial charge on any atom is -0.377 e. The normalized spacial score (nSPS) is 27.1. The Balaban J connectivity index is 2.31. The maximum absolute atomic E-state index is 5.92. The van der Waals surface area contributed by atoms with Crippen LogP contribution in [0.2, 0.25) is 0 Å². The molecule has 0 amide bonds. The summed E-state index contributed by atoms with van der Waals surface area (Å²) in [6.45, 7) is 12.5. The van der Waals surface area contributed by atoms with E-state index in [4.69, 9.17) is 4.74 Å². The van der Waals surface area contributed by atoms with E-state index in [2.05, 4.69) is 44.9 Å². The van der Waals surface area contributed by atoms with Gasteiger partial charge in [0.2, 0.25) is 0 Å². The Morgan fingerprint density at radius 1 is 1.44 bits per heavy atom. The number of ether oxygens (including phenoxy) is 1. The molecule has 1 aliphatic rings. The van der Waals surface area contributed by atoms with Gasteiger partial charge in [-0.2, -0.15) is 0 Å². The molecule has 1 fully saturated rings. The molecule has 0 aromatic heterocycles. The fourth-order valence-corrected chi connectivity index (χ4v) is 2.09. The highest BCUT2D eigenvalue weighted by Gasteiger charge is 2.48. The van der Waals surface area contributed by atoms with E-state index < -0.39 is 0 Å². The zero-order chi connectivity index (χ0) is 12.2. The first kappa shape index (κ1) is 13.5. The van der Waals surface area contributed by atoms with E-state index in [0.717, 1.165) is 19.6 Å². The molecule has 1 saturated carbocycles. The molecule has 0 heterocycles. The van der Waals surface area contributed by atoms with Gasteiger partial charge in [0.05, 0.1) is 12.6 Å². The molecule has 1 N–H and O–H groups in total. The van der Waals surface area contributed by atoms with Crippen LogP contribution in [0, 0.1) is 23.2 Å². The Morgan fingerprint density at radius 3 is 2.62 bits per heavy atom. The van der Waals surface area contributed by atoms with E-state index in [1.165, 1.54) is 0 Å². The number of rotatable bonds is 5. The molecule has 16 heavy (non-hydrogen) atoms. The summed E-state index contributed by atoms with van der Waals surface area (Å²) in [6, 6.07) is 0.547. The van der Waals surface area contributed by atoms with Crippen LogP contribution in [-0.4, -0.2) is 25.3 Å². The van der Waals surface area contributed by atoms with Crippen LogP contribution in [0.15, 0.2) is 0 Å². The van der Waals surface area contributed by atoms with E-state index >= 15 is 0 Å². The standard InChI is InChI=1S/C14H25NO/c1-6-7-8-15-12-9-13(14(12,4)5)16-10-11(2)3/h11-13,15H,8-10H2,1-5H3. The minimum atomic E-state index is 0.240. The molecule has 0 spiro atoms. The second-order valence-corrected chi connectivity index (χ2v) is 5.63. The molecule has 2 heteroatoms. The maximum Gasteiger partial charge on any atom is 0.0656 e. The zero-order valence-corrected chi connectivity index (χ0v) is 11.3. The van der Waals surface area contributed by atoms with Crippen LogP contribution in [0.4, 0.5) is 0 Å². The Hall–Kier alpha value is -0.520. The molecule has 2 atom stereocenters. The van der Waals surface area contributed by atoms with Crippen molar-refractivity contribution in [3.63, 3.8) is 0 Å². The van der Waals surface area contributed by atoms with Gasteiger partial charge < -0.3 is 10.1 Å². The van der Waals surface area contributed by atoms with E-state index in [1.54, 1.807) is 0 Å². The molecular weight excluding hydrogens is 198 g/mol. The summed E-state index contributed by atoms with van der Waals surface area (Å²) in [5.74, 6) is 6.57. The minimum absolute atomic E-state index is 0.240. The Morgan fingerprint density at radius 2 is 2.12 bits per heavy atom. The second kappa shape index (κ2) is 5.70. The van der Waals surface area contributed by atoms with E-state index in [0.29, 0.717) is 18.1 Å². The van der Waals surface area contributed by atoms with Crippen molar-refractivity contribution in [3.8, 4) is 11.8 Å². The Kier molecular flexibility index (Phi) is 4.83. The van der Waals surface area contributed by atoms with Crippen LogP contribution in [-0.2, 0) is 4.74 Å². The average molecular weight is 223 g/mol. The lowest BCUT2D eigenvalue weighted by molar-refractivity contribution is -0.122. The summed E-state index contributed by atoms with van der Waals surface area (Å²) in [5, 5.41) is 3.47. The lowest BCUT2D eigenvalue weighted by atomic mass is 9.64. The van der Waals surface area contributed by atoms with Gasteiger partial charge in [-0.25, -0.2) is 0 Å². The van der Waals surface area contributed by atoms with Crippen molar-refractivity contribution in [2.45, 2.75) is 53.2 Å². The summed E-state index contributed by atoms with van der Waals surface area (Å²) >= 11 is 0. The van der Waals surface area contributed by atoms with Gasteiger partial charge in [-0.05, 0) is 19.3 Å². The first-order valence-electron chi connectivity index (χ1n) is 6.23. The van der Waals surface area contributed by atoms with E-state index in [9.17, 15) is 0 Å². The fourth-order valence-electron chi connectivity index (χ4n) is 2.09. The van der Waals surface area contributed by atoms with Gasteiger partial charge in [0, 0.05) is 18.1 Å². The van der Waals surface area contributed by atoms with Crippen LogP contribution < -0.4 is 5.32 Å². The van der Waals surface area contributed by atoms with Crippen molar-refractivity contribution in [1.82, 2.24) is 5.32 Å². The molecule has 2 unspecified atom stereocenters. The predicted octanol–water partition coefficient (Wildman–Crippen LogP) is 2.44. The number of hydrogen-bond donors (Lipinski definition) is 1. The van der Waals surface area contributed by atoms with Crippen LogP contribution in [0.3, 0.4) is 0 Å². The summed E-state index contributed by atoms with van der Waals surface area (Å²) in [5.41, 5.74) is 0.240. The fraction of sp³-hybridized carbons (Fsp3) is 0.857. The van der Waals surface area contributed by atoms with Crippen molar-refractivity contribution < 1.29 is 4.74 Å². The molecule has 0 aromatic rings. The highest BCUT2D eigenvalue weighted by Crippen LogP contribution is 2.42. The number of hydrogen-bond acceptors (Lipinski definition) is 2. The molecule has 0 saturated heterocycles. The van der Waals surface area contributed by atoms with Gasteiger partial charge >= 0.3 is 0 Å². The lowest BCUT2D eigenvalue weighted by Crippen LogP contribution is -2.61. The van der Waals surface area contributed by atoms with Gasteiger partial charge in [0.15, 0.2) is 0 Å². The highest BCUT2D eigenvalue weighted by molar-refractivity contribution is 5.06. The smallest absolute Gasteiger partial charge is 0.0656 e. The van der Waals surface area contributed by atoms with E-state index in [1.807, 2.05) is 6.92 Å². The zero-order valence-electron chi connectivity index (χ0n) is 11.3. The van der Waals surface area contributed by atoms with Crippen molar-refractivity contribution in [2.75, 3.05) is 13.2 Å². The van der Waals surface area contributed by atoms with Gasteiger partial charge in [-0.1, -0.05) is 33.6 Å². The lowest BCUT2D eigenvalue weighted by Gasteiger charge is -2.52. The molecule has 1 aliphatic carbocycles. The maximum atomic E-state index is 5.92. The largest absolute Gasteiger partial charge is 0.377 e. The summed E-state index contributed by atoms with van der Waals surface area (Å²) in [7, 11) is 0. The van der Waals surface area contributed by atoms with Crippen LogP contribution in [0.5, 0.6) is 0 Å². The Bertz CT molecular complexity index is 272. The van der Waals surface area contributed by atoms with Crippen LogP contribution in [0.25, 0.3) is 0 Å². The molecule has 92 valence electrons. The molecule has 0 radical (unpaired) electrons. The topological polar surface area (TPSA) is 21.3 Å². The van der Waals surface area contributed by atoms with Gasteiger partial charge in [0.1, 0.15) is 0 Å². The summed E-state index contributed by atoms with van der Waals surface area (Å²) in [4.78, 5) is 0. The molecule has 0 aromatic carbocycles. The Labute approximate surface area is 100 Å². The third-order valence-corrected chi connectivity index (χ3v) is 3.42. The number of nitrogens with one attached hydrogen (secondary N) is 1. The highest BCUT2D eigenvalue weighted by atomic mass is 16.5. The monoisotopic (exact) mass is 223 g/mol. The van der Waals surface area contributed by atoms with Crippen molar-refractivity contribution in [1.29, 1.82) is 0 Å². The first-order valence-corrected chi connectivity index (χ1v) is 6.23. The van der Waals surface area contributed by atoms with Crippen molar-refractivity contribution >= 4 is 0 Å². The molecule has 0 bridgehead atoms. The molecule has 0 aliphatic heterocycles. The van der Waals surface area contributed by atoms with Crippen molar-refractivity contribution in [2.24, 2.45) is 11.3 Å². The first-order chi connectivity index (χ1) is 7.48. The quantitative estimate of drug-likeness (QED) is 0.723. The van der Waals surface area contributed by atoms with E-state index in [-0.39, 0.29) is 5.41 Å². The summed E-state index contributed by atoms with van der Waals surface area (Å²) in [6.07, 6.45) is 1.52. The third-order valence-electron chi connectivity index (χ3n) is 3.42. The van der Waals surface area contributed by atoms with Gasteiger partial charge in [0.25, 0.3) is 0 Å².